The lowest BCUT2D eigenvalue weighted by molar-refractivity contribution is 0.576. The molecule has 1 saturated carbocycles. The van der Waals surface area contributed by atoms with Gasteiger partial charge in [-0.2, -0.15) is 0 Å². The van der Waals surface area contributed by atoms with Crippen molar-refractivity contribution in [1.82, 2.24) is 4.72 Å². The molecular formula is C11H13BrClNO2S. The van der Waals surface area contributed by atoms with E-state index in [9.17, 15) is 8.42 Å². The van der Waals surface area contributed by atoms with Gasteiger partial charge in [-0.3, -0.25) is 0 Å². The van der Waals surface area contributed by atoms with E-state index in [1.165, 1.54) is 6.07 Å². The van der Waals surface area contributed by atoms with Crippen LogP contribution in [0.15, 0.2) is 27.6 Å². The maximum atomic E-state index is 12.1. The molecule has 2 atom stereocenters. The normalized spacial score (nSPS) is 23.7. The average molecular weight is 339 g/mol. The van der Waals surface area contributed by atoms with Crippen molar-refractivity contribution in [2.24, 2.45) is 5.92 Å². The van der Waals surface area contributed by atoms with Crippen LogP contribution in [0.3, 0.4) is 0 Å². The van der Waals surface area contributed by atoms with Crippen molar-refractivity contribution in [2.75, 3.05) is 0 Å². The minimum Gasteiger partial charge on any atom is -0.208 e. The van der Waals surface area contributed by atoms with Crippen LogP contribution in [-0.2, 0) is 10.0 Å². The van der Waals surface area contributed by atoms with Crippen molar-refractivity contribution >= 4 is 37.6 Å². The maximum Gasteiger partial charge on any atom is 0.242 e. The van der Waals surface area contributed by atoms with Crippen molar-refractivity contribution in [3.05, 3.63) is 27.7 Å². The fourth-order valence-corrected chi connectivity index (χ4v) is 4.15. The molecule has 1 aromatic carbocycles. The number of sulfonamides is 1. The first-order valence-electron chi connectivity index (χ1n) is 5.41. The van der Waals surface area contributed by atoms with Crippen LogP contribution >= 0.6 is 27.5 Å². The Morgan fingerprint density at radius 1 is 1.53 bits per heavy atom. The van der Waals surface area contributed by atoms with Gasteiger partial charge in [-0.15, -0.1) is 0 Å². The van der Waals surface area contributed by atoms with Crippen LogP contribution in [0, 0.1) is 5.92 Å². The van der Waals surface area contributed by atoms with Gasteiger partial charge in [-0.25, -0.2) is 13.1 Å². The lowest BCUT2D eigenvalue weighted by Crippen LogP contribution is -2.27. The summed E-state index contributed by atoms with van der Waals surface area (Å²) in [6.07, 6.45) is 1.92. The molecule has 2 unspecified atom stereocenters. The highest BCUT2D eigenvalue weighted by Crippen LogP contribution is 2.35. The third-order valence-electron chi connectivity index (χ3n) is 2.94. The number of halogens is 2. The fourth-order valence-electron chi connectivity index (χ4n) is 1.80. The van der Waals surface area contributed by atoms with Crippen LogP contribution in [0.25, 0.3) is 0 Å². The van der Waals surface area contributed by atoms with E-state index < -0.39 is 10.0 Å². The molecular weight excluding hydrogens is 326 g/mol. The second kappa shape index (κ2) is 4.88. The van der Waals surface area contributed by atoms with Crippen molar-refractivity contribution in [3.63, 3.8) is 0 Å². The molecule has 1 aliphatic carbocycles. The minimum absolute atomic E-state index is 0.0738. The lowest BCUT2D eigenvalue weighted by atomic mass is 10.3. The second-order valence-electron chi connectivity index (χ2n) is 4.21. The summed E-state index contributed by atoms with van der Waals surface area (Å²) < 4.78 is 27.6. The monoisotopic (exact) mass is 337 g/mol. The Bertz CT molecular complexity index is 532. The molecule has 0 radical (unpaired) electrons. The summed E-state index contributed by atoms with van der Waals surface area (Å²) in [5.74, 6) is 0.471. The average Bonchev–Trinajstić information content (AvgIpc) is 2.94. The summed E-state index contributed by atoms with van der Waals surface area (Å²) in [4.78, 5) is 0.143. The van der Waals surface area contributed by atoms with Crippen molar-refractivity contribution in [3.8, 4) is 0 Å². The van der Waals surface area contributed by atoms with Crippen molar-refractivity contribution in [2.45, 2.75) is 30.7 Å². The van der Waals surface area contributed by atoms with Gasteiger partial charge in [0.1, 0.15) is 4.90 Å². The second-order valence-corrected chi connectivity index (χ2v) is 7.21. The molecule has 1 aliphatic rings. The van der Waals surface area contributed by atoms with E-state index >= 15 is 0 Å². The molecule has 17 heavy (non-hydrogen) atoms. The lowest BCUT2D eigenvalue weighted by Gasteiger charge is -2.08. The third kappa shape index (κ3) is 3.02. The highest BCUT2D eigenvalue weighted by molar-refractivity contribution is 9.10. The first kappa shape index (κ1) is 13.3. The van der Waals surface area contributed by atoms with Crippen molar-refractivity contribution in [1.29, 1.82) is 0 Å². The molecule has 0 saturated heterocycles. The van der Waals surface area contributed by atoms with E-state index in [-0.39, 0.29) is 16.0 Å². The van der Waals surface area contributed by atoms with Crippen LogP contribution in [0.5, 0.6) is 0 Å². The van der Waals surface area contributed by atoms with Gasteiger partial charge in [-0.1, -0.05) is 40.9 Å². The summed E-state index contributed by atoms with van der Waals surface area (Å²) in [7, 11) is -3.49. The predicted octanol–water partition coefficient (Wildman–Crippen LogP) is 3.18. The van der Waals surface area contributed by atoms with Gasteiger partial charge in [0, 0.05) is 10.5 Å². The van der Waals surface area contributed by atoms with E-state index in [1.807, 2.05) is 0 Å². The molecule has 0 heterocycles. The number of benzene rings is 1. The molecule has 0 aliphatic heterocycles. The van der Waals surface area contributed by atoms with Crippen LogP contribution in [-0.4, -0.2) is 14.5 Å². The molecule has 0 aromatic heterocycles. The van der Waals surface area contributed by atoms with Crippen molar-refractivity contribution < 1.29 is 8.42 Å². The topological polar surface area (TPSA) is 46.2 Å². The van der Waals surface area contributed by atoms with Crippen LogP contribution in [0.2, 0.25) is 5.02 Å². The van der Waals surface area contributed by atoms with E-state index in [0.717, 1.165) is 17.3 Å². The first-order chi connectivity index (χ1) is 7.94. The van der Waals surface area contributed by atoms with E-state index in [2.05, 4.69) is 27.6 Å². The molecule has 1 N–H and O–H groups in total. The Morgan fingerprint density at radius 2 is 2.24 bits per heavy atom. The number of hydrogen-bond acceptors (Lipinski definition) is 2. The zero-order valence-corrected chi connectivity index (χ0v) is 12.4. The summed E-state index contributed by atoms with van der Waals surface area (Å²) >= 11 is 9.19. The number of nitrogens with one attached hydrogen (secondary N) is 1. The Balaban J connectivity index is 2.20. The molecule has 94 valence electrons. The minimum atomic E-state index is -3.49. The zero-order chi connectivity index (χ0) is 12.6. The van der Waals surface area contributed by atoms with Crippen LogP contribution in [0.1, 0.15) is 19.8 Å². The summed E-state index contributed by atoms with van der Waals surface area (Å²) in [5, 5.41) is 0.237. The predicted molar refractivity (Wildman–Crippen MR) is 71.7 cm³/mol. The molecule has 6 heteroatoms. The Kier molecular flexibility index (Phi) is 3.83. The van der Waals surface area contributed by atoms with Gasteiger partial charge < -0.3 is 0 Å². The van der Waals surface area contributed by atoms with E-state index in [1.54, 1.807) is 12.1 Å². The largest absolute Gasteiger partial charge is 0.242 e. The summed E-state index contributed by atoms with van der Waals surface area (Å²) in [6.45, 7) is 2.06. The number of rotatable bonds is 4. The molecule has 1 fully saturated rings. The third-order valence-corrected chi connectivity index (χ3v) is 5.40. The van der Waals surface area contributed by atoms with Gasteiger partial charge in [0.05, 0.1) is 5.02 Å². The van der Waals surface area contributed by atoms with E-state index in [0.29, 0.717) is 5.92 Å². The number of hydrogen-bond donors (Lipinski definition) is 1. The molecule has 1 aromatic rings. The van der Waals surface area contributed by atoms with E-state index in [4.69, 9.17) is 11.6 Å². The van der Waals surface area contributed by atoms with Gasteiger partial charge in [-0.05, 0) is 30.5 Å². The highest BCUT2D eigenvalue weighted by atomic mass is 79.9. The standard InChI is InChI=1S/C11H13BrClNO2S/c1-2-7-5-10(7)14-17(15,16)11-4-3-8(12)6-9(11)13/h3-4,6-7,10,14H,2,5H2,1H3. The maximum absolute atomic E-state index is 12.1. The Morgan fingerprint density at radius 3 is 2.76 bits per heavy atom. The summed E-state index contributed by atoms with van der Waals surface area (Å²) in [6, 6.07) is 4.84. The highest BCUT2D eigenvalue weighted by Gasteiger charge is 2.39. The molecule has 0 amide bonds. The first-order valence-corrected chi connectivity index (χ1v) is 8.07. The van der Waals surface area contributed by atoms with Crippen LogP contribution in [0.4, 0.5) is 0 Å². The van der Waals surface area contributed by atoms with Gasteiger partial charge in [0.25, 0.3) is 0 Å². The molecule has 3 nitrogen and oxygen atoms in total. The smallest absolute Gasteiger partial charge is 0.208 e. The van der Waals surface area contributed by atoms with Gasteiger partial charge in [0.15, 0.2) is 0 Å². The Hall–Kier alpha value is -0.100. The molecule has 0 spiro atoms. The molecule has 2 rings (SSSR count). The van der Waals surface area contributed by atoms with Gasteiger partial charge in [0.2, 0.25) is 10.0 Å². The quantitative estimate of drug-likeness (QED) is 0.916. The Labute approximate surface area is 115 Å². The molecule has 0 bridgehead atoms. The summed E-state index contributed by atoms with van der Waals surface area (Å²) in [5.41, 5.74) is 0. The fraction of sp³-hybridized carbons (Fsp3) is 0.455. The van der Waals surface area contributed by atoms with Crippen LogP contribution < -0.4 is 4.72 Å². The van der Waals surface area contributed by atoms with Gasteiger partial charge >= 0.3 is 0 Å². The zero-order valence-electron chi connectivity index (χ0n) is 9.28. The SMILES string of the molecule is CCC1CC1NS(=O)(=O)c1ccc(Br)cc1Cl.